The molecule has 0 saturated heterocycles. The van der Waals surface area contributed by atoms with E-state index in [2.05, 4.69) is 28.8 Å². The molecule has 1 aliphatic heterocycles. The first kappa shape index (κ1) is 14.9. The largest absolute Gasteiger partial charge is 0.385 e. The number of rotatable bonds is 4. The van der Waals surface area contributed by atoms with Crippen molar-refractivity contribution in [2.45, 2.75) is 45.8 Å². The Labute approximate surface area is 120 Å². The SMILES string of the molecule is CC(C)(C)OCC(=O)NCc1cccc2c1NCCC2. The lowest BCUT2D eigenvalue weighted by molar-refractivity contribution is -0.130. The Morgan fingerprint density at radius 3 is 2.95 bits per heavy atom. The molecule has 4 nitrogen and oxygen atoms in total. The average Bonchev–Trinajstić information content (AvgIpc) is 2.42. The second kappa shape index (κ2) is 6.27. The van der Waals surface area contributed by atoms with Crippen LogP contribution >= 0.6 is 0 Å². The zero-order valence-electron chi connectivity index (χ0n) is 12.6. The summed E-state index contributed by atoms with van der Waals surface area (Å²) in [6.07, 6.45) is 2.28. The molecule has 0 aliphatic carbocycles. The number of benzene rings is 1. The van der Waals surface area contributed by atoms with Crippen LogP contribution in [-0.2, 0) is 22.5 Å². The van der Waals surface area contributed by atoms with E-state index in [1.54, 1.807) is 0 Å². The number of carbonyl (C=O) groups is 1. The van der Waals surface area contributed by atoms with Gasteiger partial charge in [-0.25, -0.2) is 0 Å². The molecule has 2 rings (SSSR count). The van der Waals surface area contributed by atoms with E-state index in [0.29, 0.717) is 6.54 Å². The summed E-state index contributed by atoms with van der Waals surface area (Å²) in [5.41, 5.74) is 3.39. The van der Waals surface area contributed by atoms with Crippen molar-refractivity contribution in [2.24, 2.45) is 0 Å². The standard InChI is InChI=1S/C16H24N2O2/c1-16(2,3)20-11-14(19)18-10-13-7-4-6-12-8-5-9-17-15(12)13/h4,6-7,17H,5,8-11H2,1-3H3,(H,18,19). The number of hydrogen-bond acceptors (Lipinski definition) is 3. The molecule has 1 heterocycles. The van der Waals surface area contributed by atoms with Gasteiger partial charge in [-0.05, 0) is 44.7 Å². The van der Waals surface area contributed by atoms with Crippen LogP contribution in [-0.4, -0.2) is 24.7 Å². The molecule has 1 aromatic carbocycles. The van der Waals surface area contributed by atoms with Gasteiger partial charge in [-0.2, -0.15) is 0 Å². The summed E-state index contributed by atoms with van der Waals surface area (Å²) in [5, 5.41) is 6.35. The minimum absolute atomic E-state index is 0.0756. The number of anilines is 1. The van der Waals surface area contributed by atoms with Crippen LogP contribution < -0.4 is 10.6 Å². The fourth-order valence-corrected chi connectivity index (χ4v) is 2.26. The van der Waals surface area contributed by atoms with Crippen LogP contribution in [0.2, 0.25) is 0 Å². The van der Waals surface area contributed by atoms with E-state index in [1.165, 1.54) is 17.7 Å². The van der Waals surface area contributed by atoms with Gasteiger partial charge in [0.15, 0.2) is 0 Å². The molecule has 0 aromatic heterocycles. The van der Waals surface area contributed by atoms with E-state index in [-0.39, 0.29) is 18.1 Å². The molecule has 110 valence electrons. The third kappa shape index (κ3) is 4.23. The maximum Gasteiger partial charge on any atom is 0.246 e. The first-order chi connectivity index (χ1) is 9.46. The molecule has 4 heteroatoms. The fourth-order valence-electron chi connectivity index (χ4n) is 2.26. The van der Waals surface area contributed by atoms with Crippen molar-refractivity contribution >= 4 is 11.6 Å². The molecule has 0 fully saturated rings. The highest BCUT2D eigenvalue weighted by molar-refractivity contribution is 5.77. The van der Waals surface area contributed by atoms with Gasteiger partial charge in [0.05, 0.1) is 5.60 Å². The van der Waals surface area contributed by atoms with Gasteiger partial charge in [-0.1, -0.05) is 18.2 Å². The number of carbonyl (C=O) groups excluding carboxylic acids is 1. The molecule has 20 heavy (non-hydrogen) atoms. The molecular formula is C16H24N2O2. The fraction of sp³-hybridized carbons (Fsp3) is 0.562. The van der Waals surface area contributed by atoms with Gasteiger partial charge in [0.25, 0.3) is 0 Å². The Hall–Kier alpha value is -1.55. The Kier molecular flexibility index (Phi) is 4.65. The smallest absolute Gasteiger partial charge is 0.246 e. The number of hydrogen-bond donors (Lipinski definition) is 2. The van der Waals surface area contributed by atoms with E-state index < -0.39 is 0 Å². The van der Waals surface area contributed by atoms with Gasteiger partial charge in [0, 0.05) is 18.8 Å². The van der Waals surface area contributed by atoms with Crippen LogP contribution in [0.1, 0.15) is 38.3 Å². The minimum Gasteiger partial charge on any atom is -0.385 e. The third-order valence-electron chi connectivity index (χ3n) is 3.27. The molecule has 1 amide bonds. The predicted octanol–water partition coefficient (Wildman–Crippen LogP) is 2.48. The van der Waals surface area contributed by atoms with E-state index >= 15 is 0 Å². The topological polar surface area (TPSA) is 50.4 Å². The van der Waals surface area contributed by atoms with E-state index in [4.69, 9.17) is 4.74 Å². The summed E-state index contributed by atoms with van der Waals surface area (Å²) in [4.78, 5) is 11.8. The number of aryl methyl sites for hydroxylation is 1. The van der Waals surface area contributed by atoms with Crippen molar-refractivity contribution in [3.8, 4) is 0 Å². The normalized spacial score (nSPS) is 14.3. The number of nitrogens with one attached hydrogen (secondary N) is 2. The highest BCUT2D eigenvalue weighted by atomic mass is 16.5. The lowest BCUT2D eigenvalue weighted by atomic mass is 9.99. The zero-order chi connectivity index (χ0) is 14.6. The molecular weight excluding hydrogens is 252 g/mol. The van der Waals surface area contributed by atoms with Crippen molar-refractivity contribution < 1.29 is 9.53 Å². The summed E-state index contributed by atoms with van der Waals surface area (Å²) in [7, 11) is 0. The molecule has 0 radical (unpaired) electrons. The van der Waals surface area contributed by atoms with Gasteiger partial charge in [0.2, 0.25) is 5.91 Å². The summed E-state index contributed by atoms with van der Waals surface area (Å²) >= 11 is 0. The second-order valence-corrected chi connectivity index (χ2v) is 6.16. The van der Waals surface area contributed by atoms with E-state index in [0.717, 1.165) is 18.5 Å². The van der Waals surface area contributed by atoms with Crippen molar-refractivity contribution in [2.75, 3.05) is 18.5 Å². The Balaban J connectivity index is 1.89. The number of para-hydroxylation sites is 1. The van der Waals surface area contributed by atoms with E-state index in [1.807, 2.05) is 20.8 Å². The van der Waals surface area contributed by atoms with Gasteiger partial charge >= 0.3 is 0 Å². The summed E-state index contributed by atoms with van der Waals surface area (Å²) in [6.45, 7) is 7.48. The van der Waals surface area contributed by atoms with E-state index in [9.17, 15) is 4.79 Å². The zero-order valence-corrected chi connectivity index (χ0v) is 12.6. The summed E-state index contributed by atoms with van der Waals surface area (Å²) < 4.78 is 5.46. The molecule has 0 atom stereocenters. The van der Waals surface area contributed by atoms with Gasteiger partial charge in [-0.3, -0.25) is 4.79 Å². The monoisotopic (exact) mass is 276 g/mol. The molecule has 1 aromatic rings. The second-order valence-electron chi connectivity index (χ2n) is 6.16. The number of fused-ring (bicyclic) bond motifs is 1. The third-order valence-corrected chi connectivity index (χ3v) is 3.27. The van der Waals surface area contributed by atoms with Gasteiger partial charge in [-0.15, -0.1) is 0 Å². The first-order valence-corrected chi connectivity index (χ1v) is 7.21. The Morgan fingerprint density at radius 1 is 1.40 bits per heavy atom. The van der Waals surface area contributed by atoms with Crippen LogP contribution in [0.3, 0.4) is 0 Å². The lowest BCUT2D eigenvalue weighted by Crippen LogP contribution is -2.32. The number of ether oxygens (including phenoxy) is 1. The first-order valence-electron chi connectivity index (χ1n) is 7.21. The highest BCUT2D eigenvalue weighted by Crippen LogP contribution is 2.25. The Bertz CT molecular complexity index is 478. The highest BCUT2D eigenvalue weighted by Gasteiger charge is 2.15. The van der Waals surface area contributed by atoms with Crippen molar-refractivity contribution in [3.63, 3.8) is 0 Å². The molecule has 1 aliphatic rings. The van der Waals surface area contributed by atoms with Crippen molar-refractivity contribution in [1.29, 1.82) is 0 Å². The quantitative estimate of drug-likeness (QED) is 0.888. The van der Waals surface area contributed by atoms with Crippen LogP contribution in [0.4, 0.5) is 5.69 Å². The average molecular weight is 276 g/mol. The lowest BCUT2D eigenvalue weighted by Gasteiger charge is -2.22. The maximum absolute atomic E-state index is 11.8. The van der Waals surface area contributed by atoms with Crippen LogP contribution in [0.15, 0.2) is 18.2 Å². The molecule has 0 spiro atoms. The summed E-state index contributed by atoms with van der Waals surface area (Å²) in [5.74, 6) is -0.0756. The van der Waals surface area contributed by atoms with Crippen LogP contribution in [0.5, 0.6) is 0 Å². The van der Waals surface area contributed by atoms with Crippen LogP contribution in [0.25, 0.3) is 0 Å². The molecule has 2 N–H and O–H groups in total. The molecule has 0 unspecified atom stereocenters. The van der Waals surface area contributed by atoms with Gasteiger partial charge in [0.1, 0.15) is 6.61 Å². The summed E-state index contributed by atoms with van der Waals surface area (Å²) in [6, 6.07) is 6.26. The Morgan fingerprint density at radius 2 is 2.20 bits per heavy atom. The molecule has 0 saturated carbocycles. The predicted molar refractivity (Wildman–Crippen MR) is 80.8 cm³/mol. The van der Waals surface area contributed by atoms with Gasteiger partial charge < -0.3 is 15.4 Å². The minimum atomic E-state index is -0.287. The number of amides is 1. The van der Waals surface area contributed by atoms with Crippen molar-refractivity contribution in [3.05, 3.63) is 29.3 Å². The molecule has 0 bridgehead atoms. The van der Waals surface area contributed by atoms with Crippen molar-refractivity contribution in [1.82, 2.24) is 5.32 Å². The maximum atomic E-state index is 11.8. The van der Waals surface area contributed by atoms with Crippen LogP contribution in [0, 0.1) is 0 Å².